The summed E-state index contributed by atoms with van der Waals surface area (Å²) in [6, 6.07) is 3.23. The lowest BCUT2D eigenvalue weighted by Gasteiger charge is -2.29. The molecule has 0 aliphatic carbocycles. The molecule has 0 fully saturated rings. The minimum Gasteiger partial charge on any atom is -0.508 e. The van der Waals surface area contributed by atoms with E-state index in [1.54, 1.807) is 46.8 Å². The Morgan fingerprint density at radius 1 is 0.949 bits per heavy atom. The molecular weight excluding hydrogens is 506 g/mol. The van der Waals surface area contributed by atoms with Crippen LogP contribution in [0.4, 0.5) is 4.79 Å². The van der Waals surface area contributed by atoms with Crippen molar-refractivity contribution in [3.63, 3.8) is 0 Å². The van der Waals surface area contributed by atoms with Crippen molar-refractivity contribution >= 4 is 23.9 Å². The van der Waals surface area contributed by atoms with Gasteiger partial charge in [0.25, 0.3) is 0 Å². The molecule has 1 rings (SSSR count). The van der Waals surface area contributed by atoms with Crippen molar-refractivity contribution in [1.29, 1.82) is 0 Å². The fraction of sp³-hybridized carbons (Fsp3) is 0.571. The zero-order valence-electron chi connectivity index (χ0n) is 23.8. The Bertz CT molecular complexity index is 986. The molecule has 0 saturated carbocycles. The lowest BCUT2D eigenvalue weighted by Crippen LogP contribution is -2.59. The van der Waals surface area contributed by atoms with Crippen molar-refractivity contribution in [2.24, 2.45) is 5.92 Å². The number of hydrogen-bond acceptors (Lipinski definition) is 8. The van der Waals surface area contributed by atoms with Crippen LogP contribution in [0.15, 0.2) is 36.4 Å². The number of carbonyl (C=O) groups is 4. The predicted molar refractivity (Wildman–Crippen MR) is 146 cm³/mol. The molecule has 218 valence electrons. The summed E-state index contributed by atoms with van der Waals surface area (Å²) in [6.45, 7) is 11.9. The minimum atomic E-state index is -1.36. The van der Waals surface area contributed by atoms with Crippen LogP contribution in [0.5, 0.6) is 5.75 Å². The van der Waals surface area contributed by atoms with Gasteiger partial charge in [-0.15, -0.1) is 0 Å². The van der Waals surface area contributed by atoms with E-state index >= 15 is 0 Å². The molecule has 0 heterocycles. The van der Waals surface area contributed by atoms with Gasteiger partial charge in [-0.2, -0.15) is 0 Å². The molecule has 0 aromatic heterocycles. The van der Waals surface area contributed by atoms with Crippen molar-refractivity contribution in [3.05, 3.63) is 42.0 Å². The van der Waals surface area contributed by atoms with Gasteiger partial charge in [0.1, 0.15) is 23.4 Å². The summed E-state index contributed by atoms with van der Waals surface area (Å²) in [7, 11) is 0. The highest BCUT2D eigenvalue weighted by atomic mass is 16.6. The highest BCUT2D eigenvalue weighted by Gasteiger charge is 2.33. The van der Waals surface area contributed by atoms with Crippen LogP contribution in [0.25, 0.3) is 0 Å². The van der Waals surface area contributed by atoms with Crippen molar-refractivity contribution < 1.29 is 38.9 Å². The van der Waals surface area contributed by atoms with Gasteiger partial charge in [0.05, 0.1) is 18.8 Å². The van der Waals surface area contributed by atoms with Gasteiger partial charge in [-0.3, -0.25) is 9.59 Å². The van der Waals surface area contributed by atoms with Crippen molar-refractivity contribution in [2.45, 2.75) is 91.1 Å². The number of alkyl carbamates (subject to hydrolysis) is 1. The van der Waals surface area contributed by atoms with Gasteiger partial charge in [0.15, 0.2) is 0 Å². The summed E-state index contributed by atoms with van der Waals surface area (Å²) in [5, 5.41) is 27.7. The Balaban J connectivity index is 3.10. The van der Waals surface area contributed by atoms with E-state index in [1.807, 2.05) is 6.92 Å². The maximum Gasteiger partial charge on any atom is 0.408 e. The van der Waals surface area contributed by atoms with E-state index in [-0.39, 0.29) is 24.7 Å². The zero-order valence-corrected chi connectivity index (χ0v) is 23.8. The van der Waals surface area contributed by atoms with Crippen LogP contribution in [-0.2, 0) is 30.3 Å². The van der Waals surface area contributed by atoms with Crippen molar-refractivity contribution in [1.82, 2.24) is 16.0 Å². The molecule has 1 aromatic carbocycles. The average Bonchev–Trinajstić information content (AvgIpc) is 2.83. The number of aromatic hydroxyl groups is 1. The summed E-state index contributed by atoms with van der Waals surface area (Å²) in [5.74, 6) is -2.17. The second-order valence-corrected chi connectivity index (χ2v) is 10.3. The normalized spacial score (nSPS) is 15.4. The lowest BCUT2D eigenvalue weighted by molar-refractivity contribution is -0.137. The summed E-state index contributed by atoms with van der Waals surface area (Å²) in [4.78, 5) is 50.6. The van der Waals surface area contributed by atoms with Crippen LogP contribution >= 0.6 is 0 Å². The fourth-order valence-corrected chi connectivity index (χ4v) is 3.50. The van der Waals surface area contributed by atoms with Gasteiger partial charge in [0.2, 0.25) is 11.8 Å². The smallest absolute Gasteiger partial charge is 0.408 e. The standard InChI is InChI=1S/C28H43N3O8/c1-8-17(3)23(31-27(37)39-28(5,6)7)25(35)30-24(18(4)32)26(36)29-20(12-15-22(34)38-9-2)16-19-10-13-21(33)14-11-19/h10-15,17-18,20,23-24,32-33H,8-9,16H2,1-7H3,(H,29,36)(H,30,35)(H,31,37)/b15-12+/t17-,18+,20+,23-,24-/m0/s1. The number of ether oxygens (including phenoxy) is 2. The third-order valence-electron chi connectivity index (χ3n) is 5.70. The minimum absolute atomic E-state index is 0.0779. The number of benzene rings is 1. The Hall–Kier alpha value is -3.60. The van der Waals surface area contributed by atoms with Gasteiger partial charge >= 0.3 is 12.1 Å². The van der Waals surface area contributed by atoms with E-state index in [4.69, 9.17) is 9.47 Å². The number of rotatable bonds is 13. The number of esters is 1. The molecule has 1 aromatic rings. The van der Waals surface area contributed by atoms with E-state index in [1.165, 1.54) is 31.2 Å². The van der Waals surface area contributed by atoms with E-state index in [0.29, 0.717) is 6.42 Å². The van der Waals surface area contributed by atoms with Gasteiger partial charge in [-0.1, -0.05) is 38.5 Å². The first-order chi connectivity index (χ1) is 18.2. The number of aliphatic hydroxyl groups excluding tert-OH is 1. The highest BCUT2D eigenvalue weighted by molar-refractivity contribution is 5.92. The lowest BCUT2D eigenvalue weighted by atomic mass is 9.97. The first kappa shape index (κ1) is 33.4. The van der Waals surface area contributed by atoms with Crippen LogP contribution in [0.1, 0.15) is 60.5 Å². The Labute approximate surface area is 230 Å². The second-order valence-electron chi connectivity index (χ2n) is 10.3. The topological polar surface area (TPSA) is 163 Å². The van der Waals surface area contributed by atoms with Gasteiger partial charge < -0.3 is 35.6 Å². The number of hydrogen-bond donors (Lipinski definition) is 5. The molecule has 5 N–H and O–H groups in total. The monoisotopic (exact) mass is 549 g/mol. The highest BCUT2D eigenvalue weighted by Crippen LogP contribution is 2.14. The van der Waals surface area contributed by atoms with E-state index in [0.717, 1.165) is 5.56 Å². The Morgan fingerprint density at radius 3 is 2.05 bits per heavy atom. The number of phenols is 1. The van der Waals surface area contributed by atoms with Crippen LogP contribution in [-0.4, -0.2) is 70.5 Å². The maximum absolute atomic E-state index is 13.2. The average molecular weight is 550 g/mol. The fourth-order valence-electron chi connectivity index (χ4n) is 3.50. The van der Waals surface area contributed by atoms with Crippen molar-refractivity contribution in [3.8, 4) is 5.75 Å². The summed E-state index contributed by atoms with van der Waals surface area (Å²) < 4.78 is 10.2. The molecule has 3 amide bonds. The molecule has 0 aliphatic heterocycles. The number of phenolic OH excluding ortho intramolecular Hbond substituents is 1. The molecule has 0 radical (unpaired) electrons. The number of aliphatic hydroxyl groups is 1. The predicted octanol–water partition coefficient (Wildman–Crippen LogP) is 2.34. The van der Waals surface area contributed by atoms with Crippen LogP contribution < -0.4 is 16.0 Å². The zero-order chi connectivity index (χ0) is 29.8. The molecule has 11 nitrogen and oxygen atoms in total. The maximum atomic E-state index is 13.2. The van der Waals surface area contributed by atoms with Crippen molar-refractivity contribution in [2.75, 3.05) is 6.61 Å². The Kier molecular flexibility index (Phi) is 13.5. The van der Waals surface area contributed by atoms with Gasteiger partial charge in [-0.25, -0.2) is 9.59 Å². The summed E-state index contributed by atoms with van der Waals surface area (Å²) >= 11 is 0. The number of amides is 3. The first-order valence-electron chi connectivity index (χ1n) is 13.1. The van der Waals surface area contributed by atoms with E-state index < -0.39 is 53.7 Å². The number of nitrogens with one attached hydrogen (secondary N) is 3. The van der Waals surface area contributed by atoms with Gasteiger partial charge in [0, 0.05) is 6.08 Å². The SMILES string of the molecule is CCOC(=O)/C=C/[C@H](Cc1ccc(O)cc1)NC(=O)[C@@H](NC(=O)[C@@H](NC(=O)OC(C)(C)C)[C@@H](C)CC)[C@@H](C)O. The third-order valence-corrected chi connectivity index (χ3v) is 5.70. The molecule has 0 aliphatic rings. The van der Waals surface area contributed by atoms with Crippen LogP contribution in [0.3, 0.4) is 0 Å². The van der Waals surface area contributed by atoms with Crippen LogP contribution in [0, 0.1) is 5.92 Å². The quantitative estimate of drug-likeness (QED) is 0.185. The molecular formula is C28H43N3O8. The molecule has 0 unspecified atom stereocenters. The molecule has 5 atom stereocenters. The first-order valence-corrected chi connectivity index (χ1v) is 13.1. The molecule has 0 spiro atoms. The molecule has 0 bridgehead atoms. The molecule has 11 heteroatoms. The molecule has 39 heavy (non-hydrogen) atoms. The van der Waals surface area contributed by atoms with E-state index in [9.17, 15) is 29.4 Å². The summed E-state index contributed by atoms with van der Waals surface area (Å²) in [5.41, 5.74) is -0.0192. The van der Waals surface area contributed by atoms with Crippen LogP contribution in [0.2, 0.25) is 0 Å². The van der Waals surface area contributed by atoms with Gasteiger partial charge in [-0.05, 0) is 64.7 Å². The Morgan fingerprint density at radius 2 is 1.54 bits per heavy atom. The summed E-state index contributed by atoms with van der Waals surface area (Å²) in [6.07, 6.45) is 1.38. The third kappa shape index (κ3) is 12.7. The molecule has 0 saturated heterocycles. The van der Waals surface area contributed by atoms with E-state index in [2.05, 4.69) is 16.0 Å². The second kappa shape index (κ2) is 15.7. The largest absolute Gasteiger partial charge is 0.508 e. The number of carbonyl (C=O) groups excluding carboxylic acids is 4.